The van der Waals surface area contributed by atoms with Gasteiger partial charge in [-0.05, 0) is 44.7 Å². The molecule has 1 aromatic carbocycles. The number of ether oxygens (including phenoxy) is 2. The Labute approximate surface area is 229 Å². The lowest BCUT2D eigenvalue weighted by atomic mass is 10.1. The van der Waals surface area contributed by atoms with Gasteiger partial charge in [-0.25, -0.2) is 8.78 Å². The lowest BCUT2D eigenvalue weighted by molar-refractivity contribution is 0.0367. The zero-order valence-corrected chi connectivity index (χ0v) is 23.6. The van der Waals surface area contributed by atoms with Crippen LogP contribution in [0, 0.1) is 11.6 Å². The fourth-order valence-electron chi connectivity index (χ4n) is 4.92. The second kappa shape index (κ2) is 12.2. The van der Waals surface area contributed by atoms with E-state index in [4.69, 9.17) is 9.47 Å². The summed E-state index contributed by atoms with van der Waals surface area (Å²) in [5.74, 6) is -1.72. The first kappa shape index (κ1) is 28.6. The van der Waals surface area contributed by atoms with Crippen LogP contribution in [0.3, 0.4) is 0 Å². The summed E-state index contributed by atoms with van der Waals surface area (Å²) in [5.41, 5.74) is 0.131. The minimum atomic E-state index is -0.677. The predicted molar refractivity (Wildman–Crippen MR) is 145 cm³/mol. The quantitative estimate of drug-likeness (QED) is 0.347. The summed E-state index contributed by atoms with van der Waals surface area (Å²) in [4.78, 5) is 28.8. The maximum Gasteiger partial charge on any atom is 0.278 e. The molecule has 3 aromatic rings. The van der Waals surface area contributed by atoms with Crippen LogP contribution < -0.4 is 15.2 Å². The van der Waals surface area contributed by atoms with Crippen LogP contribution in [0.2, 0.25) is 0 Å². The van der Waals surface area contributed by atoms with Crippen LogP contribution in [-0.4, -0.2) is 65.3 Å². The summed E-state index contributed by atoms with van der Waals surface area (Å²) in [6.45, 7) is 7.02. The number of pyridine rings is 1. The molecular weight excluding hydrogens is 528 g/mol. The Hall–Kier alpha value is -3.38. The van der Waals surface area contributed by atoms with E-state index in [9.17, 15) is 18.4 Å². The largest absolute Gasteiger partial charge is 0.491 e. The summed E-state index contributed by atoms with van der Waals surface area (Å²) in [6, 6.07) is 3.36. The number of fused-ring (bicyclic) bond motifs is 1. The fraction of sp³-hybridized carbons (Fsp3) is 0.481. The number of aromatic nitrogens is 3. The van der Waals surface area contributed by atoms with Gasteiger partial charge < -0.3 is 14.4 Å². The van der Waals surface area contributed by atoms with Gasteiger partial charge >= 0.3 is 0 Å². The van der Waals surface area contributed by atoms with Gasteiger partial charge in [-0.1, -0.05) is 24.3 Å². The molecule has 1 aliphatic rings. The molecule has 3 heterocycles. The van der Waals surface area contributed by atoms with Gasteiger partial charge in [0.2, 0.25) is 5.43 Å². The number of amides is 1. The van der Waals surface area contributed by atoms with Crippen molar-refractivity contribution in [2.45, 2.75) is 58.7 Å². The van der Waals surface area contributed by atoms with Crippen molar-refractivity contribution in [3.05, 3.63) is 62.5 Å². The van der Waals surface area contributed by atoms with Gasteiger partial charge in [-0.15, -0.1) is 10.2 Å². The van der Waals surface area contributed by atoms with Gasteiger partial charge in [-0.2, -0.15) is 0 Å². The molecule has 0 radical (unpaired) electrons. The van der Waals surface area contributed by atoms with Crippen molar-refractivity contribution in [1.82, 2.24) is 19.8 Å². The van der Waals surface area contributed by atoms with Crippen LogP contribution >= 0.6 is 11.3 Å². The number of rotatable bonds is 11. The third kappa shape index (κ3) is 5.67. The maximum absolute atomic E-state index is 14.2. The highest BCUT2D eigenvalue weighted by Crippen LogP contribution is 2.31. The summed E-state index contributed by atoms with van der Waals surface area (Å²) in [5, 5.41) is 11.0. The van der Waals surface area contributed by atoms with Crippen LogP contribution in [0.4, 0.5) is 8.78 Å². The third-order valence-corrected chi connectivity index (χ3v) is 7.90. The normalized spacial score (nSPS) is 16.0. The van der Waals surface area contributed by atoms with Gasteiger partial charge in [-0.3, -0.25) is 19.3 Å². The number of carbonyl (C=O) groups excluding carboxylic acids is 1. The molecule has 4 rings (SSSR count). The van der Waals surface area contributed by atoms with Crippen molar-refractivity contribution < 1.29 is 23.0 Å². The van der Waals surface area contributed by atoms with Gasteiger partial charge in [0.05, 0.1) is 18.8 Å². The summed E-state index contributed by atoms with van der Waals surface area (Å²) >= 11 is 1.13. The Morgan fingerprint density at radius 2 is 1.92 bits per heavy atom. The molecule has 0 saturated carbocycles. The number of carbonyl (C=O) groups is 1. The van der Waals surface area contributed by atoms with E-state index in [1.165, 1.54) is 19.2 Å². The number of halogens is 2. The van der Waals surface area contributed by atoms with E-state index in [0.717, 1.165) is 30.2 Å². The summed E-state index contributed by atoms with van der Waals surface area (Å²) < 4.78 is 40.4. The number of nitrogens with zero attached hydrogens (tertiary/aromatic N) is 5. The monoisotopic (exact) mass is 561 g/mol. The SMILES string of the molecule is CCOC(CC)CCC1N(CC)C(=O)c2c(OC)c(=O)c(-c3nnc(Cc4ccc(F)cc4F)s3)cn2N1C. The molecule has 0 N–H and O–H groups in total. The average molecular weight is 562 g/mol. The minimum Gasteiger partial charge on any atom is -0.491 e. The second-order valence-electron chi connectivity index (χ2n) is 9.22. The predicted octanol–water partition coefficient (Wildman–Crippen LogP) is 4.21. The minimum absolute atomic E-state index is 0.0802. The molecule has 0 bridgehead atoms. The molecule has 0 saturated heterocycles. The lowest BCUT2D eigenvalue weighted by Gasteiger charge is -2.45. The summed E-state index contributed by atoms with van der Waals surface area (Å²) in [7, 11) is 3.22. The molecule has 1 amide bonds. The van der Waals surface area contributed by atoms with Crippen LogP contribution in [0.15, 0.2) is 29.2 Å². The first-order valence-corrected chi connectivity index (χ1v) is 13.8. The highest BCUT2D eigenvalue weighted by molar-refractivity contribution is 7.14. The number of hydrogen-bond donors (Lipinski definition) is 0. The fourth-order valence-corrected chi connectivity index (χ4v) is 5.79. The van der Waals surface area contributed by atoms with Crippen molar-refractivity contribution in [3.8, 4) is 16.3 Å². The molecule has 2 aromatic heterocycles. The molecule has 210 valence electrons. The molecular formula is C27H33F2N5O4S. The topological polar surface area (TPSA) is 89.8 Å². The Morgan fingerprint density at radius 3 is 2.56 bits per heavy atom. The van der Waals surface area contributed by atoms with Crippen molar-refractivity contribution in [2.24, 2.45) is 0 Å². The molecule has 39 heavy (non-hydrogen) atoms. The summed E-state index contributed by atoms with van der Waals surface area (Å²) in [6.07, 6.45) is 3.80. The van der Waals surface area contributed by atoms with E-state index in [2.05, 4.69) is 17.1 Å². The molecule has 2 unspecified atom stereocenters. The Kier molecular flexibility index (Phi) is 8.96. The van der Waals surface area contributed by atoms with E-state index in [1.54, 1.807) is 15.8 Å². The van der Waals surface area contributed by atoms with Gasteiger partial charge in [0.25, 0.3) is 5.91 Å². The number of benzene rings is 1. The van der Waals surface area contributed by atoms with Gasteiger partial charge in [0, 0.05) is 38.9 Å². The van der Waals surface area contributed by atoms with Gasteiger partial charge in [0.1, 0.15) is 22.8 Å². The Balaban J connectivity index is 1.71. The van der Waals surface area contributed by atoms with E-state index >= 15 is 0 Å². The van der Waals surface area contributed by atoms with E-state index in [1.807, 2.05) is 25.9 Å². The van der Waals surface area contributed by atoms with Crippen molar-refractivity contribution in [3.63, 3.8) is 0 Å². The zero-order chi connectivity index (χ0) is 28.3. The standard InChI is InChI=1S/C27H33F2N5O4S/c1-6-18(38-8-3)11-12-22-32(4)34-15-19(24(35)25(37-5)23(34)27(36)33(22)7-2)26-31-30-21(39-26)13-16-9-10-17(28)14-20(16)29/h9-10,14-15,18,22H,6-8,11-13H2,1-5H3. The lowest BCUT2D eigenvalue weighted by Crippen LogP contribution is -2.60. The van der Waals surface area contributed by atoms with Crippen molar-refractivity contribution >= 4 is 17.2 Å². The highest BCUT2D eigenvalue weighted by Gasteiger charge is 2.38. The third-order valence-electron chi connectivity index (χ3n) is 6.94. The molecule has 12 heteroatoms. The molecule has 0 spiro atoms. The van der Waals surface area contributed by atoms with Crippen LogP contribution in [0.5, 0.6) is 5.75 Å². The van der Waals surface area contributed by atoms with E-state index < -0.39 is 17.1 Å². The second-order valence-corrected chi connectivity index (χ2v) is 10.3. The van der Waals surface area contributed by atoms with Crippen molar-refractivity contribution in [1.29, 1.82) is 0 Å². The average Bonchev–Trinajstić information content (AvgIpc) is 3.38. The molecule has 1 aliphatic heterocycles. The van der Waals surface area contributed by atoms with Crippen LogP contribution in [-0.2, 0) is 11.2 Å². The van der Waals surface area contributed by atoms with Crippen molar-refractivity contribution in [2.75, 3.05) is 32.3 Å². The molecule has 2 atom stereocenters. The smallest absolute Gasteiger partial charge is 0.278 e. The maximum atomic E-state index is 14.2. The first-order chi connectivity index (χ1) is 18.7. The first-order valence-electron chi connectivity index (χ1n) is 13.0. The molecule has 0 fully saturated rings. The highest BCUT2D eigenvalue weighted by atomic mass is 32.1. The van der Waals surface area contributed by atoms with E-state index in [-0.39, 0.29) is 47.2 Å². The van der Waals surface area contributed by atoms with E-state index in [0.29, 0.717) is 29.6 Å². The zero-order valence-electron chi connectivity index (χ0n) is 22.7. The number of methoxy groups -OCH3 is 1. The van der Waals surface area contributed by atoms with Crippen LogP contribution in [0.25, 0.3) is 10.6 Å². The number of hydrogen-bond acceptors (Lipinski definition) is 8. The molecule has 0 aliphatic carbocycles. The van der Waals surface area contributed by atoms with Gasteiger partial charge in [0.15, 0.2) is 16.5 Å². The Morgan fingerprint density at radius 1 is 1.15 bits per heavy atom. The Bertz CT molecular complexity index is 1390. The molecule has 9 nitrogen and oxygen atoms in total. The van der Waals surface area contributed by atoms with Crippen LogP contribution in [0.1, 0.15) is 61.1 Å².